The molecule has 2 fully saturated rings. The number of hydrogen-bond donors (Lipinski definition) is 0. The third-order valence-electron chi connectivity index (χ3n) is 5.60. The average molecular weight is 438 g/mol. The van der Waals surface area contributed by atoms with Crippen LogP contribution in [0.1, 0.15) is 36.0 Å². The highest BCUT2D eigenvalue weighted by Crippen LogP contribution is 2.34. The first kappa shape index (κ1) is 21.1. The van der Waals surface area contributed by atoms with Crippen LogP contribution in [-0.4, -0.2) is 34.1 Å². The summed E-state index contributed by atoms with van der Waals surface area (Å²) in [7, 11) is 0. The lowest BCUT2D eigenvalue weighted by molar-refractivity contribution is -0.384. The molecule has 4 rings (SSSR count). The summed E-state index contributed by atoms with van der Waals surface area (Å²) in [6.45, 7) is 4.15. The maximum Gasteiger partial charge on any atom is 0.293 e. The molecule has 2 saturated heterocycles. The smallest absolute Gasteiger partial charge is 0.293 e. The van der Waals surface area contributed by atoms with Crippen molar-refractivity contribution >= 4 is 40.4 Å². The van der Waals surface area contributed by atoms with Crippen molar-refractivity contribution in [3.8, 4) is 0 Å². The van der Waals surface area contributed by atoms with Gasteiger partial charge in [-0.1, -0.05) is 18.2 Å². The predicted octanol–water partition coefficient (Wildman–Crippen LogP) is 5.13. The molecule has 31 heavy (non-hydrogen) atoms. The molecule has 2 aliphatic rings. The number of carbonyl (C=O) groups excluding carboxylic acids is 2. The number of benzene rings is 2. The van der Waals surface area contributed by atoms with Gasteiger partial charge < -0.3 is 4.90 Å². The van der Waals surface area contributed by atoms with Gasteiger partial charge in [-0.2, -0.15) is 0 Å². The lowest BCUT2D eigenvalue weighted by Crippen LogP contribution is -2.29. The molecule has 8 heteroatoms. The van der Waals surface area contributed by atoms with Crippen LogP contribution >= 0.6 is 11.8 Å². The van der Waals surface area contributed by atoms with Gasteiger partial charge in [0.25, 0.3) is 16.8 Å². The van der Waals surface area contributed by atoms with Crippen molar-refractivity contribution in [1.82, 2.24) is 4.90 Å². The Labute approximate surface area is 184 Å². The van der Waals surface area contributed by atoms with Crippen molar-refractivity contribution in [1.29, 1.82) is 0 Å². The largest absolute Gasteiger partial charge is 0.372 e. The zero-order valence-corrected chi connectivity index (χ0v) is 18.1. The summed E-state index contributed by atoms with van der Waals surface area (Å²) >= 11 is 0.902. The molecule has 0 bridgehead atoms. The van der Waals surface area contributed by atoms with Crippen molar-refractivity contribution in [3.63, 3.8) is 0 Å². The first-order valence-electron chi connectivity index (χ1n) is 10.3. The Morgan fingerprint density at radius 3 is 2.58 bits per heavy atom. The first-order chi connectivity index (χ1) is 14.9. The number of anilines is 1. The van der Waals surface area contributed by atoms with E-state index in [1.165, 1.54) is 37.1 Å². The Morgan fingerprint density at radius 2 is 1.87 bits per heavy atom. The van der Waals surface area contributed by atoms with Gasteiger partial charge in [0, 0.05) is 30.9 Å². The number of nitro groups is 1. The molecule has 2 aromatic carbocycles. The molecule has 2 amide bonds. The standard InChI is InChI=1S/C23H23N3O4S/c1-16-12-19(24-10-3-2-4-11-24)9-8-18(16)14-21-22(27)25(23(28)31-21)15-17-6-5-7-20(13-17)26(29)30/h5-9,12-14H,2-4,10-11,15H2,1H3. The molecule has 0 aliphatic carbocycles. The number of non-ortho nitro benzene ring substituents is 1. The zero-order valence-electron chi connectivity index (χ0n) is 17.2. The molecule has 0 radical (unpaired) electrons. The van der Waals surface area contributed by atoms with Crippen molar-refractivity contribution in [2.45, 2.75) is 32.7 Å². The van der Waals surface area contributed by atoms with Crippen LogP contribution in [-0.2, 0) is 11.3 Å². The highest BCUT2D eigenvalue weighted by molar-refractivity contribution is 8.18. The zero-order chi connectivity index (χ0) is 22.0. The Bertz CT molecular complexity index is 1080. The van der Waals surface area contributed by atoms with Crippen molar-refractivity contribution in [2.75, 3.05) is 18.0 Å². The van der Waals surface area contributed by atoms with Crippen LogP contribution in [0.15, 0.2) is 47.4 Å². The number of rotatable bonds is 5. The molecule has 0 spiro atoms. The minimum Gasteiger partial charge on any atom is -0.372 e. The molecule has 0 N–H and O–H groups in total. The predicted molar refractivity (Wildman–Crippen MR) is 122 cm³/mol. The molecule has 0 aromatic heterocycles. The van der Waals surface area contributed by atoms with Crippen LogP contribution in [0.25, 0.3) is 6.08 Å². The number of nitrogens with zero attached hydrogens (tertiary/aromatic N) is 3. The van der Waals surface area contributed by atoms with Crippen LogP contribution in [0.4, 0.5) is 16.2 Å². The van der Waals surface area contributed by atoms with Gasteiger partial charge in [-0.25, -0.2) is 0 Å². The Morgan fingerprint density at radius 1 is 1.10 bits per heavy atom. The molecule has 2 aliphatic heterocycles. The molecule has 0 atom stereocenters. The fraction of sp³-hybridized carbons (Fsp3) is 0.304. The van der Waals surface area contributed by atoms with E-state index in [0.717, 1.165) is 40.9 Å². The highest BCUT2D eigenvalue weighted by Gasteiger charge is 2.35. The Kier molecular flexibility index (Phi) is 6.08. The van der Waals surface area contributed by atoms with E-state index in [1.54, 1.807) is 18.2 Å². The first-order valence-corrected chi connectivity index (χ1v) is 11.1. The van der Waals surface area contributed by atoms with Crippen LogP contribution in [0.5, 0.6) is 0 Å². The second kappa shape index (κ2) is 8.93. The molecular weight excluding hydrogens is 414 g/mol. The van der Waals surface area contributed by atoms with Gasteiger partial charge in [-0.3, -0.25) is 24.6 Å². The molecule has 2 heterocycles. The maximum absolute atomic E-state index is 12.8. The van der Waals surface area contributed by atoms with Gasteiger partial charge in [-0.05, 0) is 72.8 Å². The van der Waals surface area contributed by atoms with E-state index < -0.39 is 4.92 Å². The van der Waals surface area contributed by atoms with Gasteiger partial charge in [0.1, 0.15) is 0 Å². The van der Waals surface area contributed by atoms with Crippen molar-refractivity contribution in [2.24, 2.45) is 0 Å². The number of carbonyl (C=O) groups is 2. The van der Waals surface area contributed by atoms with Gasteiger partial charge in [-0.15, -0.1) is 0 Å². The molecule has 7 nitrogen and oxygen atoms in total. The second-order valence-corrected chi connectivity index (χ2v) is 8.78. The van der Waals surface area contributed by atoms with Gasteiger partial charge in [0.2, 0.25) is 0 Å². The maximum atomic E-state index is 12.8. The Hall–Kier alpha value is -3.13. The summed E-state index contributed by atoms with van der Waals surface area (Å²) in [4.78, 5) is 39.6. The number of hydrogen-bond acceptors (Lipinski definition) is 6. The molecule has 160 valence electrons. The number of nitro benzene ring substituents is 1. The third-order valence-corrected chi connectivity index (χ3v) is 6.50. The van der Waals surface area contributed by atoms with Crippen molar-refractivity contribution in [3.05, 3.63) is 74.2 Å². The minimum atomic E-state index is -0.493. The summed E-state index contributed by atoms with van der Waals surface area (Å²) in [6.07, 6.45) is 5.45. The fourth-order valence-corrected chi connectivity index (χ4v) is 4.73. The lowest BCUT2D eigenvalue weighted by Gasteiger charge is -2.29. The minimum absolute atomic E-state index is 0.0105. The van der Waals surface area contributed by atoms with E-state index in [9.17, 15) is 19.7 Å². The topological polar surface area (TPSA) is 83.8 Å². The number of piperidine rings is 1. The van der Waals surface area contributed by atoms with E-state index in [4.69, 9.17) is 0 Å². The summed E-state index contributed by atoms with van der Waals surface area (Å²) in [5.74, 6) is -0.374. The van der Waals surface area contributed by atoms with E-state index in [1.807, 2.05) is 13.0 Å². The molecule has 2 aromatic rings. The van der Waals surface area contributed by atoms with Gasteiger partial charge >= 0.3 is 0 Å². The molecule has 0 saturated carbocycles. The van der Waals surface area contributed by atoms with Gasteiger partial charge in [0.05, 0.1) is 16.4 Å². The fourth-order valence-electron chi connectivity index (χ4n) is 3.90. The Balaban J connectivity index is 1.51. The van der Waals surface area contributed by atoms with E-state index in [2.05, 4.69) is 17.0 Å². The average Bonchev–Trinajstić information content (AvgIpc) is 3.03. The summed E-state index contributed by atoms with van der Waals surface area (Å²) in [6, 6.07) is 12.2. The van der Waals surface area contributed by atoms with E-state index in [-0.39, 0.29) is 23.4 Å². The summed E-state index contributed by atoms with van der Waals surface area (Å²) in [5, 5.41) is 10.6. The van der Waals surface area contributed by atoms with Gasteiger partial charge in [0.15, 0.2) is 0 Å². The van der Waals surface area contributed by atoms with Crippen LogP contribution < -0.4 is 4.90 Å². The molecular formula is C23H23N3O4S. The van der Waals surface area contributed by atoms with Crippen molar-refractivity contribution < 1.29 is 14.5 Å². The number of thioether (sulfide) groups is 1. The quantitative estimate of drug-likeness (QED) is 0.366. The van der Waals surface area contributed by atoms with Crippen LogP contribution in [0.2, 0.25) is 0 Å². The van der Waals surface area contributed by atoms with Crippen LogP contribution in [0.3, 0.4) is 0 Å². The highest BCUT2D eigenvalue weighted by atomic mass is 32.2. The normalized spacial score (nSPS) is 18.2. The monoisotopic (exact) mass is 437 g/mol. The van der Waals surface area contributed by atoms with E-state index in [0.29, 0.717) is 10.5 Å². The SMILES string of the molecule is Cc1cc(N2CCCCC2)ccc1C=C1SC(=O)N(Cc2cccc([N+](=O)[O-])c2)C1=O. The molecule has 0 unspecified atom stereocenters. The number of amides is 2. The summed E-state index contributed by atoms with van der Waals surface area (Å²) < 4.78 is 0. The number of aryl methyl sites for hydroxylation is 1. The number of imide groups is 1. The third kappa shape index (κ3) is 4.64. The summed E-state index contributed by atoms with van der Waals surface area (Å²) in [5.41, 5.74) is 3.62. The van der Waals surface area contributed by atoms with E-state index >= 15 is 0 Å². The lowest BCUT2D eigenvalue weighted by atomic mass is 10.0. The second-order valence-electron chi connectivity index (χ2n) is 7.78. The van der Waals surface area contributed by atoms with Crippen LogP contribution in [0, 0.1) is 17.0 Å².